The Morgan fingerprint density at radius 1 is 1.13 bits per heavy atom. The minimum absolute atomic E-state index is 0.0386. The smallest absolute Gasteiger partial charge is 0.255 e. The second-order valence-corrected chi connectivity index (χ2v) is 9.20. The van der Waals surface area contributed by atoms with Crippen LogP contribution in [0.5, 0.6) is 5.75 Å². The summed E-state index contributed by atoms with van der Waals surface area (Å²) in [6.45, 7) is 3.05. The van der Waals surface area contributed by atoms with Gasteiger partial charge in [0.2, 0.25) is 10.0 Å². The third-order valence-electron chi connectivity index (χ3n) is 5.24. The van der Waals surface area contributed by atoms with Crippen molar-refractivity contribution < 1.29 is 27.1 Å². The summed E-state index contributed by atoms with van der Waals surface area (Å²) in [6, 6.07) is 13.3. The van der Waals surface area contributed by atoms with E-state index in [-0.39, 0.29) is 29.3 Å². The Morgan fingerprint density at radius 3 is 2.58 bits per heavy atom. The fourth-order valence-corrected chi connectivity index (χ4v) is 4.96. The number of rotatable bonds is 6. The van der Waals surface area contributed by atoms with Crippen LogP contribution in [0.3, 0.4) is 0 Å². The van der Waals surface area contributed by atoms with Crippen LogP contribution in [0, 0.1) is 0 Å². The van der Waals surface area contributed by atoms with Crippen molar-refractivity contribution in [2.24, 2.45) is 0 Å². The molecule has 2 aromatic carbocycles. The molecule has 0 spiro atoms. The number of carbonyl (C=O) groups is 1. The van der Waals surface area contributed by atoms with Gasteiger partial charge in [-0.25, -0.2) is 8.42 Å². The lowest BCUT2D eigenvalue weighted by atomic mass is 10.1. The number of para-hydroxylation sites is 1. The number of ether oxygens (including phenoxy) is 2. The monoisotopic (exact) mass is 444 g/mol. The zero-order chi connectivity index (χ0) is 22.0. The second-order valence-electron chi connectivity index (χ2n) is 7.26. The van der Waals surface area contributed by atoms with Crippen LogP contribution >= 0.6 is 0 Å². The van der Waals surface area contributed by atoms with Crippen LogP contribution < -0.4 is 10.1 Å². The van der Waals surface area contributed by atoms with E-state index in [9.17, 15) is 13.2 Å². The maximum absolute atomic E-state index is 13.0. The number of furan rings is 1. The second kappa shape index (κ2) is 8.70. The third-order valence-corrected chi connectivity index (χ3v) is 7.14. The summed E-state index contributed by atoms with van der Waals surface area (Å²) < 4.78 is 43.7. The molecule has 31 heavy (non-hydrogen) atoms. The molecule has 3 aromatic rings. The molecule has 164 valence electrons. The predicted octanol–water partition coefficient (Wildman–Crippen LogP) is 2.95. The lowest BCUT2D eigenvalue weighted by molar-refractivity contribution is 0.0730. The fraction of sp³-hybridized carbons (Fsp3) is 0.318. The van der Waals surface area contributed by atoms with Crippen LogP contribution in [0.1, 0.15) is 29.1 Å². The number of fused-ring (bicyclic) bond motifs is 1. The SMILES string of the molecule is COc1ccc(S(=O)(=O)N2CCOCC2)cc1C(=O)NC(C)c1cc2ccccc2o1. The Balaban J connectivity index is 1.59. The van der Waals surface area contributed by atoms with Crippen molar-refractivity contribution >= 4 is 26.9 Å². The van der Waals surface area contributed by atoms with Gasteiger partial charge in [-0.1, -0.05) is 18.2 Å². The Hall–Kier alpha value is -2.88. The van der Waals surface area contributed by atoms with Crippen LogP contribution in [0.4, 0.5) is 0 Å². The van der Waals surface area contributed by atoms with Gasteiger partial charge in [0.15, 0.2) is 0 Å². The molecule has 1 unspecified atom stereocenters. The largest absolute Gasteiger partial charge is 0.496 e. The van der Waals surface area contributed by atoms with Gasteiger partial charge >= 0.3 is 0 Å². The standard InChI is InChI=1S/C22H24N2O6S/c1-15(21-13-16-5-3-4-6-19(16)30-21)23-22(25)18-14-17(7-8-20(18)28-2)31(26,27)24-9-11-29-12-10-24/h3-8,13-15H,9-12H2,1-2H3,(H,23,25). The zero-order valence-electron chi connectivity index (χ0n) is 17.3. The number of amides is 1. The minimum Gasteiger partial charge on any atom is -0.496 e. The lowest BCUT2D eigenvalue weighted by Crippen LogP contribution is -2.40. The Morgan fingerprint density at radius 2 is 1.87 bits per heavy atom. The zero-order valence-corrected chi connectivity index (χ0v) is 18.1. The van der Waals surface area contributed by atoms with E-state index in [0.717, 1.165) is 11.0 Å². The average Bonchev–Trinajstić information content (AvgIpc) is 3.23. The molecule has 0 saturated carbocycles. The van der Waals surface area contributed by atoms with Gasteiger partial charge < -0.3 is 19.2 Å². The molecule has 1 aromatic heterocycles. The summed E-state index contributed by atoms with van der Waals surface area (Å²) >= 11 is 0. The summed E-state index contributed by atoms with van der Waals surface area (Å²) in [4.78, 5) is 13.1. The van der Waals surface area contributed by atoms with Crippen LogP contribution in [0.25, 0.3) is 11.0 Å². The number of nitrogens with zero attached hydrogens (tertiary/aromatic N) is 1. The maximum Gasteiger partial charge on any atom is 0.255 e. The lowest BCUT2D eigenvalue weighted by Gasteiger charge is -2.26. The first-order chi connectivity index (χ1) is 14.9. The van der Waals surface area contributed by atoms with Crippen molar-refractivity contribution in [3.05, 3.63) is 59.9 Å². The van der Waals surface area contributed by atoms with Gasteiger partial charge in [-0.2, -0.15) is 4.31 Å². The van der Waals surface area contributed by atoms with Crippen molar-refractivity contribution in [2.45, 2.75) is 17.9 Å². The van der Waals surface area contributed by atoms with Crippen LogP contribution in [-0.2, 0) is 14.8 Å². The number of hydrogen-bond acceptors (Lipinski definition) is 6. The van der Waals surface area contributed by atoms with Crippen molar-refractivity contribution in [1.29, 1.82) is 0 Å². The molecule has 1 saturated heterocycles. The van der Waals surface area contributed by atoms with Crippen LogP contribution in [0.15, 0.2) is 57.8 Å². The molecule has 0 aliphatic carbocycles. The molecule has 1 aliphatic rings. The molecule has 1 aliphatic heterocycles. The molecule has 2 heterocycles. The summed E-state index contributed by atoms with van der Waals surface area (Å²) in [5, 5.41) is 3.80. The highest BCUT2D eigenvalue weighted by atomic mass is 32.2. The molecule has 9 heteroatoms. The predicted molar refractivity (Wildman–Crippen MR) is 115 cm³/mol. The quantitative estimate of drug-likeness (QED) is 0.628. The fourth-order valence-electron chi connectivity index (χ4n) is 3.52. The molecular formula is C22H24N2O6S. The van der Waals surface area contributed by atoms with Gasteiger partial charge in [-0.3, -0.25) is 4.79 Å². The van der Waals surface area contributed by atoms with E-state index < -0.39 is 22.0 Å². The van der Waals surface area contributed by atoms with Gasteiger partial charge in [-0.05, 0) is 37.3 Å². The van der Waals surface area contributed by atoms with E-state index in [0.29, 0.717) is 19.0 Å². The van der Waals surface area contributed by atoms with E-state index in [1.54, 1.807) is 6.92 Å². The van der Waals surface area contributed by atoms with E-state index in [2.05, 4.69) is 5.32 Å². The summed E-state index contributed by atoms with van der Waals surface area (Å²) in [5.41, 5.74) is 0.870. The highest BCUT2D eigenvalue weighted by molar-refractivity contribution is 7.89. The number of hydrogen-bond donors (Lipinski definition) is 1. The molecule has 1 atom stereocenters. The Bertz CT molecular complexity index is 1160. The molecular weight excluding hydrogens is 420 g/mol. The molecule has 0 radical (unpaired) electrons. The Labute approximate surface area is 180 Å². The molecule has 0 bridgehead atoms. The topological polar surface area (TPSA) is 98.1 Å². The van der Waals surface area contributed by atoms with Gasteiger partial charge in [0.05, 0.1) is 36.8 Å². The van der Waals surface area contributed by atoms with Gasteiger partial charge in [0.1, 0.15) is 17.1 Å². The summed E-state index contributed by atoms with van der Waals surface area (Å²) in [6.07, 6.45) is 0. The molecule has 4 rings (SSSR count). The number of nitrogens with one attached hydrogen (secondary N) is 1. The number of methoxy groups -OCH3 is 1. The van der Waals surface area contributed by atoms with Crippen molar-refractivity contribution in [3.8, 4) is 5.75 Å². The van der Waals surface area contributed by atoms with Crippen molar-refractivity contribution in [1.82, 2.24) is 9.62 Å². The molecule has 1 N–H and O–H groups in total. The van der Waals surface area contributed by atoms with Gasteiger partial charge in [0.25, 0.3) is 5.91 Å². The first-order valence-electron chi connectivity index (χ1n) is 9.95. The highest BCUT2D eigenvalue weighted by Gasteiger charge is 2.28. The average molecular weight is 445 g/mol. The van der Waals surface area contributed by atoms with E-state index in [1.165, 1.54) is 29.6 Å². The van der Waals surface area contributed by atoms with E-state index >= 15 is 0 Å². The van der Waals surface area contributed by atoms with Crippen molar-refractivity contribution in [2.75, 3.05) is 33.4 Å². The number of sulfonamides is 1. The molecule has 8 nitrogen and oxygen atoms in total. The number of carbonyl (C=O) groups excluding carboxylic acids is 1. The first-order valence-corrected chi connectivity index (χ1v) is 11.4. The van der Waals surface area contributed by atoms with Crippen LogP contribution in [-0.4, -0.2) is 52.0 Å². The number of benzene rings is 2. The van der Waals surface area contributed by atoms with Crippen molar-refractivity contribution in [3.63, 3.8) is 0 Å². The summed E-state index contributed by atoms with van der Waals surface area (Å²) in [5.74, 6) is 0.435. The van der Waals surface area contributed by atoms with Gasteiger partial charge in [-0.15, -0.1) is 0 Å². The highest BCUT2D eigenvalue weighted by Crippen LogP contribution is 2.27. The molecule has 1 amide bonds. The number of morpholine rings is 1. The summed E-state index contributed by atoms with van der Waals surface area (Å²) in [7, 11) is -2.31. The Kier molecular flexibility index (Phi) is 5.99. The third kappa shape index (κ3) is 4.30. The van der Waals surface area contributed by atoms with E-state index in [1.807, 2.05) is 30.3 Å². The normalized spacial score (nSPS) is 16.2. The maximum atomic E-state index is 13.0. The van der Waals surface area contributed by atoms with Gasteiger partial charge in [0, 0.05) is 18.5 Å². The first kappa shape index (κ1) is 21.4. The van der Waals surface area contributed by atoms with Crippen LogP contribution in [0.2, 0.25) is 0 Å². The minimum atomic E-state index is -3.74. The molecule has 1 fully saturated rings. The van der Waals surface area contributed by atoms with E-state index in [4.69, 9.17) is 13.9 Å².